The third-order valence-corrected chi connectivity index (χ3v) is 5.40. The summed E-state index contributed by atoms with van der Waals surface area (Å²) in [5.41, 5.74) is 0. The molecule has 0 saturated carbocycles. The second-order valence-corrected chi connectivity index (χ2v) is 7.18. The minimum absolute atomic E-state index is 0.0666. The standard InChI is InChI=1S/C14H22N2O6S/c1-20-9-10-21-11-12-23(18,19)16-6-4-15(5-7-16)14(17)13-3-2-8-22-13/h2-3,8H,4-7,9-12H2,1H3. The number of sulfonamides is 1. The second kappa shape index (κ2) is 8.44. The molecule has 130 valence electrons. The van der Waals surface area contributed by atoms with Crippen LogP contribution < -0.4 is 0 Å². The molecular formula is C14H22N2O6S. The van der Waals surface area contributed by atoms with Crippen molar-refractivity contribution in [3.05, 3.63) is 24.2 Å². The maximum atomic E-state index is 12.2. The van der Waals surface area contributed by atoms with Crippen LogP contribution in [-0.4, -0.2) is 82.4 Å². The van der Waals surface area contributed by atoms with E-state index in [0.29, 0.717) is 26.3 Å². The minimum Gasteiger partial charge on any atom is -0.459 e. The van der Waals surface area contributed by atoms with Crippen LogP contribution in [0.2, 0.25) is 0 Å². The van der Waals surface area contributed by atoms with Gasteiger partial charge in [0.25, 0.3) is 5.91 Å². The molecular weight excluding hydrogens is 324 g/mol. The van der Waals surface area contributed by atoms with E-state index >= 15 is 0 Å². The quantitative estimate of drug-likeness (QED) is 0.617. The molecule has 1 aliphatic heterocycles. The number of ether oxygens (including phenoxy) is 2. The number of carbonyl (C=O) groups excluding carboxylic acids is 1. The van der Waals surface area contributed by atoms with E-state index in [-0.39, 0.29) is 37.1 Å². The van der Waals surface area contributed by atoms with Gasteiger partial charge < -0.3 is 18.8 Å². The highest BCUT2D eigenvalue weighted by molar-refractivity contribution is 7.89. The first-order valence-corrected chi connectivity index (χ1v) is 9.03. The highest BCUT2D eigenvalue weighted by Gasteiger charge is 2.29. The molecule has 1 aromatic rings. The number of carbonyl (C=O) groups is 1. The lowest BCUT2D eigenvalue weighted by Crippen LogP contribution is -2.51. The van der Waals surface area contributed by atoms with Gasteiger partial charge in [0.05, 0.1) is 31.8 Å². The van der Waals surface area contributed by atoms with Gasteiger partial charge in [0.2, 0.25) is 10.0 Å². The van der Waals surface area contributed by atoms with Crippen molar-refractivity contribution in [3.8, 4) is 0 Å². The van der Waals surface area contributed by atoms with Crippen LogP contribution in [0.15, 0.2) is 22.8 Å². The minimum atomic E-state index is -3.37. The van der Waals surface area contributed by atoms with Crippen molar-refractivity contribution in [2.24, 2.45) is 0 Å². The summed E-state index contributed by atoms with van der Waals surface area (Å²) in [5.74, 6) is -0.00848. The van der Waals surface area contributed by atoms with Gasteiger partial charge in [0.15, 0.2) is 5.76 Å². The number of nitrogens with zero attached hydrogens (tertiary/aromatic N) is 2. The summed E-state index contributed by atoms with van der Waals surface area (Å²) >= 11 is 0. The molecule has 0 aliphatic carbocycles. The zero-order valence-corrected chi connectivity index (χ0v) is 14.0. The molecule has 23 heavy (non-hydrogen) atoms. The van der Waals surface area contributed by atoms with E-state index in [9.17, 15) is 13.2 Å². The first-order valence-electron chi connectivity index (χ1n) is 7.42. The lowest BCUT2D eigenvalue weighted by atomic mass is 10.3. The van der Waals surface area contributed by atoms with E-state index in [4.69, 9.17) is 13.9 Å². The summed E-state index contributed by atoms with van der Waals surface area (Å²) in [5, 5.41) is 0. The number of hydrogen-bond acceptors (Lipinski definition) is 6. The molecule has 0 radical (unpaired) electrons. The van der Waals surface area contributed by atoms with Gasteiger partial charge in [-0.25, -0.2) is 8.42 Å². The normalized spacial score (nSPS) is 16.7. The molecule has 1 fully saturated rings. The van der Waals surface area contributed by atoms with Crippen molar-refractivity contribution in [3.63, 3.8) is 0 Å². The van der Waals surface area contributed by atoms with E-state index in [1.165, 1.54) is 10.6 Å². The molecule has 9 heteroatoms. The fourth-order valence-electron chi connectivity index (χ4n) is 2.26. The molecule has 1 aliphatic rings. The Morgan fingerprint density at radius 2 is 1.96 bits per heavy atom. The highest BCUT2D eigenvalue weighted by atomic mass is 32.2. The Labute approximate surface area is 136 Å². The average molecular weight is 346 g/mol. The SMILES string of the molecule is COCCOCCS(=O)(=O)N1CCN(C(=O)c2ccco2)CC1. The van der Waals surface area contributed by atoms with Crippen LogP contribution in [0.4, 0.5) is 0 Å². The average Bonchev–Trinajstić information content (AvgIpc) is 3.08. The highest BCUT2D eigenvalue weighted by Crippen LogP contribution is 2.12. The molecule has 0 spiro atoms. The van der Waals surface area contributed by atoms with Gasteiger partial charge in [-0.3, -0.25) is 4.79 Å². The topological polar surface area (TPSA) is 89.3 Å². The Morgan fingerprint density at radius 3 is 2.57 bits per heavy atom. The van der Waals surface area contributed by atoms with Gasteiger partial charge >= 0.3 is 0 Å². The zero-order valence-electron chi connectivity index (χ0n) is 13.1. The summed E-state index contributed by atoms with van der Waals surface area (Å²) in [7, 11) is -1.81. The number of piperazine rings is 1. The monoisotopic (exact) mass is 346 g/mol. The van der Waals surface area contributed by atoms with Gasteiger partial charge in [-0.1, -0.05) is 0 Å². The maximum absolute atomic E-state index is 12.2. The number of furan rings is 1. The molecule has 2 rings (SSSR count). The van der Waals surface area contributed by atoms with Gasteiger partial charge in [-0.05, 0) is 12.1 Å². The van der Waals surface area contributed by atoms with Gasteiger partial charge in [0, 0.05) is 33.3 Å². The Hall–Kier alpha value is -1.42. The van der Waals surface area contributed by atoms with Crippen LogP contribution in [-0.2, 0) is 19.5 Å². The van der Waals surface area contributed by atoms with Crippen LogP contribution in [0.1, 0.15) is 10.6 Å². The van der Waals surface area contributed by atoms with Crippen molar-refractivity contribution in [2.45, 2.75) is 0 Å². The third-order valence-electron chi connectivity index (χ3n) is 3.57. The summed E-state index contributed by atoms with van der Waals surface area (Å²) in [6.45, 7) is 2.22. The van der Waals surface area contributed by atoms with Crippen LogP contribution in [0.25, 0.3) is 0 Å². The van der Waals surface area contributed by atoms with Crippen molar-refractivity contribution in [1.82, 2.24) is 9.21 Å². The smallest absolute Gasteiger partial charge is 0.289 e. The molecule has 0 bridgehead atoms. The first kappa shape index (κ1) is 17.9. The number of amides is 1. The Morgan fingerprint density at radius 1 is 1.22 bits per heavy atom. The van der Waals surface area contributed by atoms with Crippen molar-refractivity contribution in [2.75, 3.05) is 58.9 Å². The lowest BCUT2D eigenvalue weighted by molar-refractivity contribution is 0.0662. The van der Waals surface area contributed by atoms with Gasteiger partial charge in [0.1, 0.15) is 0 Å². The van der Waals surface area contributed by atoms with Crippen LogP contribution in [0, 0.1) is 0 Å². The molecule has 2 heterocycles. The predicted molar refractivity (Wildman–Crippen MR) is 82.7 cm³/mol. The molecule has 0 unspecified atom stereocenters. The van der Waals surface area contributed by atoms with Crippen LogP contribution >= 0.6 is 0 Å². The van der Waals surface area contributed by atoms with Crippen LogP contribution in [0.5, 0.6) is 0 Å². The van der Waals surface area contributed by atoms with Gasteiger partial charge in [-0.15, -0.1) is 0 Å². The van der Waals surface area contributed by atoms with Crippen molar-refractivity contribution >= 4 is 15.9 Å². The summed E-state index contributed by atoms with van der Waals surface area (Å²) in [6.07, 6.45) is 1.44. The molecule has 1 amide bonds. The van der Waals surface area contributed by atoms with Crippen molar-refractivity contribution < 1.29 is 27.1 Å². The maximum Gasteiger partial charge on any atom is 0.289 e. The Bertz CT molecular complexity index is 578. The van der Waals surface area contributed by atoms with Crippen molar-refractivity contribution in [1.29, 1.82) is 0 Å². The number of methoxy groups -OCH3 is 1. The molecule has 0 atom stereocenters. The molecule has 0 N–H and O–H groups in total. The lowest BCUT2D eigenvalue weighted by Gasteiger charge is -2.33. The largest absolute Gasteiger partial charge is 0.459 e. The summed E-state index contributed by atoms with van der Waals surface area (Å²) in [4.78, 5) is 13.7. The Balaban J connectivity index is 1.77. The number of rotatable bonds is 8. The van der Waals surface area contributed by atoms with Crippen LogP contribution in [0.3, 0.4) is 0 Å². The zero-order chi connectivity index (χ0) is 16.7. The van der Waals surface area contributed by atoms with E-state index in [2.05, 4.69) is 0 Å². The second-order valence-electron chi connectivity index (χ2n) is 5.09. The van der Waals surface area contributed by atoms with E-state index in [1.54, 1.807) is 24.1 Å². The number of hydrogen-bond donors (Lipinski definition) is 0. The predicted octanol–water partition coefficient (Wildman–Crippen LogP) is 0.0302. The fraction of sp³-hybridized carbons (Fsp3) is 0.643. The molecule has 8 nitrogen and oxygen atoms in total. The molecule has 1 aromatic heterocycles. The fourth-order valence-corrected chi connectivity index (χ4v) is 3.57. The summed E-state index contributed by atoms with van der Waals surface area (Å²) < 4.78 is 40.9. The van der Waals surface area contributed by atoms with Gasteiger partial charge in [-0.2, -0.15) is 4.31 Å². The first-order chi connectivity index (χ1) is 11.0. The molecule has 1 saturated heterocycles. The molecule has 0 aromatic carbocycles. The van der Waals surface area contributed by atoms with E-state index in [1.807, 2.05) is 0 Å². The Kier molecular flexibility index (Phi) is 6.58. The summed E-state index contributed by atoms with van der Waals surface area (Å²) in [6, 6.07) is 3.25. The van der Waals surface area contributed by atoms with E-state index < -0.39 is 10.0 Å². The third kappa shape index (κ3) is 5.03. The van der Waals surface area contributed by atoms with E-state index in [0.717, 1.165) is 0 Å².